The van der Waals surface area contributed by atoms with Gasteiger partial charge in [-0.25, -0.2) is 0 Å². The SMILES string of the molecule is CCC(O)CNC(=O)/C(C#N)=C/c1ccc2cc(N3CCCCC3)ccc2c1. The molecular formula is C23H27N3O2. The minimum absolute atomic E-state index is 0.0348. The van der Waals surface area contributed by atoms with Crippen molar-refractivity contribution in [1.82, 2.24) is 5.32 Å². The molecular weight excluding hydrogens is 350 g/mol. The summed E-state index contributed by atoms with van der Waals surface area (Å²) in [6.45, 7) is 4.20. The molecule has 0 bridgehead atoms. The summed E-state index contributed by atoms with van der Waals surface area (Å²) >= 11 is 0. The van der Waals surface area contributed by atoms with Crippen LogP contribution in [-0.2, 0) is 4.79 Å². The number of aliphatic hydroxyl groups is 1. The molecule has 146 valence electrons. The third-order valence-corrected chi connectivity index (χ3v) is 5.21. The molecule has 0 saturated carbocycles. The molecule has 2 aromatic carbocycles. The lowest BCUT2D eigenvalue weighted by Gasteiger charge is -2.29. The van der Waals surface area contributed by atoms with E-state index in [-0.39, 0.29) is 12.1 Å². The number of fused-ring (bicyclic) bond motifs is 1. The Balaban J connectivity index is 1.78. The van der Waals surface area contributed by atoms with Gasteiger partial charge < -0.3 is 15.3 Å². The van der Waals surface area contributed by atoms with Gasteiger partial charge in [-0.05, 0) is 66.3 Å². The highest BCUT2D eigenvalue weighted by Crippen LogP contribution is 2.26. The summed E-state index contributed by atoms with van der Waals surface area (Å²) in [7, 11) is 0. The van der Waals surface area contributed by atoms with Crippen LogP contribution in [0.25, 0.3) is 16.8 Å². The third-order valence-electron chi connectivity index (χ3n) is 5.21. The van der Waals surface area contributed by atoms with Crippen LogP contribution in [0.2, 0.25) is 0 Å². The van der Waals surface area contributed by atoms with Crippen molar-refractivity contribution in [2.24, 2.45) is 0 Å². The molecule has 2 N–H and O–H groups in total. The van der Waals surface area contributed by atoms with Gasteiger partial charge in [-0.2, -0.15) is 5.26 Å². The Morgan fingerprint density at radius 2 is 1.93 bits per heavy atom. The Hall–Kier alpha value is -2.84. The maximum absolute atomic E-state index is 12.2. The smallest absolute Gasteiger partial charge is 0.262 e. The molecule has 1 atom stereocenters. The average molecular weight is 377 g/mol. The van der Waals surface area contributed by atoms with Crippen molar-refractivity contribution in [3.8, 4) is 6.07 Å². The number of amides is 1. The topological polar surface area (TPSA) is 76.4 Å². The van der Waals surface area contributed by atoms with Crippen molar-refractivity contribution in [3.05, 3.63) is 47.5 Å². The molecule has 0 spiro atoms. The fraction of sp³-hybridized carbons (Fsp3) is 0.391. The van der Waals surface area contributed by atoms with Gasteiger partial charge in [0.25, 0.3) is 5.91 Å². The number of carbonyl (C=O) groups is 1. The Morgan fingerprint density at radius 1 is 1.21 bits per heavy atom. The number of carbonyl (C=O) groups excluding carboxylic acids is 1. The standard InChI is InChI=1S/C23H27N3O2/c1-2-22(27)16-25-23(28)20(15-24)13-17-6-7-19-14-21(9-8-18(19)12-17)26-10-4-3-5-11-26/h6-9,12-14,22,27H,2-5,10-11,16H2,1H3,(H,25,28)/b20-13+. The zero-order chi connectivity index (χ0) is 19.9. The molecule has 1 saturated heterocycles. The van der Waals surface area contributed by atoms with E-state index < -0.39 is 12.0 Å². The monoisotopic (exact) mass is 377 g/mol. The van der Waals surface area contributed by atoms with E-state index in [0.29, 0.717) is 6.42 Å². The van der Waals surface area contributed by atoms with Gasteiger partial charge in [0.15, 0.2) is 0 Å². The second kappa shape index (κ2) is 9.38. The number of hydrogen-bond donors (Lipinski definition) is 2. The van der Waals surface area contributed by atoms with Crippen molar-refractivity contribution in [2.45, 2.75) is 38.7 Å². The van der Waals surface area contributed by atoms with E-state index >= 15 is 0 Å². The average Bonchev–Trinajstić information content (AvgIpc) is 2.75. The van der Waals surface area contributed by atoms with Gasteiger partial charge in [0.05, 0.1) is 6.10 Å². The van der Waals surface area contributed by atoms with E-state index in [1.54, 1.807) is 6.08 Å². The van der Waals surface area contributed by atoms with Crippen LogP contribution in [0.15, 0.2) is 42.0 Å². The van der Waals surface area contributed by atoms with Gasteiger partial charge in [-0.1, -0.05) is 25.1 Å². The number of aliphatic hydroxyl groups excluding tert-OH is 1. The fourth-order valence-electron chi connectivity index (χ4n) is 3.46. The van der Waals surface area contributed by atoms with Crippen LogP contribution in [0, 0.1) is 11.3 Å². The van der Waals surface area contributed by atoms with Crippen molar-refractivity contribution >= 4 is 28.4 Å². The summed E-state index contributed by atoms with van der Waals surface area (Å²) in [5, 5.41) is 23.7. The predicted molar refractivity (Wildman–Crippen MR) is 113 cm³/mol. The minimum Gasteiger partial charge on any atom is -0.391 e. The molecule has 2 aromatic rings. The normalized spacial score (nSPS) is 15.9. The highest BCUT2D eigenvalue weighted by atomic mass is 16.3. The van der Waals surface area contributed by atoms with E-state index in [9.17, 15) is 15.2 Å². The first kappa shape index (κ1) is 19.9. The molecule has 1 heterocycles. The minimum atomic E-state index is -0.598. The summed E-state index contributed by atoms with van der Waals surface area (Å²) in [5.74, 6) is -0.462. The van der Waals surface area contributed by atoms with Crippen LogP contribution in [0.3, 0.4) is 0 Å². The highest BCUT2D eigenvalue weighted by molar-refractivity contribution is 6.02. The van der Waals surface area contributed by atoms with Crippen LogP contribution in [0.4, 0.5) is 5.69 Å². The van der Waals surface area contributed by atoms with Crippen LogP contribution in [0.5, 0.6) is 0 Å². The van der Waals surface area contributed by atoms with E-state index in [0.717, 1.165) is 29.4 Å². The zero-order valence-corrected chi connectivity index (χ0v) is 16.3. The number of nitrogens with one attached hydrogen (secondary N) is 1. The van der Waals surface area contributed by atoms with Gasteiger partial charge >= 0.3 is 0 Å². The van der Waals surface area contributed by atoms with Crippen molar-refractivity contribution in [2.75, 3.05) is 24.5 Å². The van der Waals surface area contributed by atoms with Crippen molar-refractivity contribution in [1.29, 1.82) is 5.26 Å². The lowest BCUT2D eigenvalue weighted by molar-refractivity contribution is -0.117. The first-order chi connectivity index (χ1) is 13.6. The first-order valence-corrected chi connectivity index (χ1v) is 9.97. The Labute approximate surface area is 166 Å². The third kappa shape index (κ3) is 4.90. The fourth-order valence-corrected chi connectivity index (χ4v) is 3.46. The molecule has 1 unspecified atom stereocenters. The Kier molecular flexibility index (Phi) is 6.67. The van der Waals surface area contributed by atoms with Crippen LogP contribution < -0.4 is 10.2 Å². The zero-order valence-electron chi connectivity index (χ0n) is 16.3. The van der Waals surface area contributed by atoms with Crippen molar-refractivity contribution in [3.63, 3.8) is 0 Å². The van der Waals surface area contributed by atoms with Gasteiger partial charge in [-0.15, -0.1) is 0 Å². The molecule has 0 radical (unpaired) electrons. The summed E-state index contributed by atoms with van der Waals surface area (Å²) in [4.78, 5) is 14.6. The number of hydrogen-bond acceptors (Lipinski definition) is 4. The second-order valence-electron chi connectivity index (χ2n) is 7.28. The van der Waals surface area contributed by atoms with Crippen LogP contribution in [-0.4, -0.2) is 36.8 Å². The number of benzene rings is 2. The van der Waals surface area contributed by atoms with E-state index in [1.807, 2.05) is 31.2 Å². The molecule has 1 aliphatic heterocycles. The molecule has 28 heavy (non-hydrogen) atoms. The largest absolute Gasteiger partial charge is 0.391 e. The quantitative estimate of drug-likeness (QED) is 0.595. The molecule has 1 aliphatic rings. The lowest BCUT2D eigenvalue weighted by Crippen LogP contribution is -2.32. The number of nitrogens with zero attached hydrogens (tertiary/aromatic N) is 2. The molecule has 5 heteroatoms. The summed E-state index contributed by atoms with van der Waals surface area (Å²) in [5.41, 5.74) is 2.09. The molecule has 5 nitrogen and oxygen atoms in total. The lowest BCUT2D eigenvalue weighted by atomic mass is 10.0. The van der Waals surface area contributed by atoms with Crippen LogP contribution in [0.1, 0.15) is 38.2 Å². The number of nitriles is 1. The molecule has 1 fully saturated rings. The predicted octanol–water partition coefficient (Wildman–Crippen LogP) is 3.62. The summed E-state index contributed by atoms with van der Waals surface area (Å²) < 4.78 is 0. The van der Waals surface area contributed by atoms with Gasteiger partial charge in [-0.3, -0.25) is 4.79 Å². The first-order valence-electron chi connectivity index (χ1n) is 9.97. The van der Waals surface area contributed by atoms with E-state index in [1.165, 1.54) is 24.9 Å². The van der Waals surface area contributed by atoms with E-state index in [2.05, 4.69) is 28.4 Å². The van der Waals surface area contributed by atoms with Gasteiger partial charge in [0, 0.05) is 25.3 Å². The molecule has 0 aliphatic carbocycles. The van der Waals surface area contributed by atoms with E-state index in [4.69, 9.17) is 0 Å². The maximum atomic E-state index is 12.2. The second-order valence-corrected chi connectivity index (χ2v) is 7.28. The number of piperidine rings is 1. The molecule has 1 amide bonds. The highest BCUT2D eigenvalue weighted by Gasteiger charge is 2.12. The van der Waals surface area contributed by atoms with Gasteiger partial charge in [0.1, 0.15) is 11.6 Å². The Morgan fingerprint density at radius 3 is 2.64 bits per heavy atom. The number of anilines is 1. The van der Waals surface area contributed by atoms with Crippen LogP contribution >= 0.6 is 0 Å². The van der Waals surface area contributed by atoms with Crippen molar-refractivity contribution < 1.29 is 9.90 Å². The summed E-state index contributed by atoms with van der Waals surface area (Å²) in [6, 6.07) is 14.3. The Bertz CT molecular complexity index is 908. The molecule has 3 rings (SSSR count). The molecule has 0 aromatic heterocycles. The summed E-state index contributed by atoms with van der Waals surface area (Å²) in [6.07, 6.45) is 5.35. The maximum Gasteiger partial charge on any atom is 0.262 e. The van der Waals surface area contributed by atoms with Gasteiger partial charge in [0.2, 0.25) is 0 Å². The number of rotatable bonds is 6.